The van der Waals surface area contributed by atoms with Crippen LogP contribution < -0.4 is 4.74 Å². The van der Waals surface area contributed by atoms with Crippen LogP contribution >= 0.6 is 11.3 Å². The molecule has 9 nitrogen and oxygen atoms in total. The molecule has 1 saturated heterocycles. The maximum atomic E-state index is 15.6. The lowest BCUT2D eigenvalue weighted by molar-refractivity contribution is -0.0589. The SMILES string of the molecule is N#Cc1cccc(C#Cc2cnc(COc3cccc(-c4cc(F)c(Cc5nc6ccc(C(=O)O)cc6n5CC5CCO5)cc4F)n3)s2)c1. The van der Waals surface area contributed by atoms with Crippen LogP contribution in [-0.4, -0.2) is 43.3 Å². The van der Waals surface area contributed by atoms with Crippen LogP contribution in [0, 0.1) is 34.8 Å². The first-order valence-corrected chi connectivity index (χ1v) is 16.0. The second-order valence-electron chi connectivity index (χ2n) is 11.2. The fourth-order valence-electron chi connectivity index (χ4n) is 5.38. The normalized spacial score (nSPS) is 13.7. The van der Waals surface area contributed by atoms with Gasteiger partial charge in [-0.15, -0.1) is 11.3 Å². The molecule has 3 aromatic heterocycles. The minimum Gasteiger partial charge on any atom is -0.478 e. The number of aromatic carboxylic acids is 1. The number of carboxylic acid groups (broad SMARTS) is 1. The zero-order valence-electron chi connectivity index (χ0n) is 25.7. The molecule has 49 heavy (non-hydrogen) atoms. The summed E-state index contributed by atoms with van der Waals surface area (Å²) < 4.78 is 44.4. The molecule has 0 aliphatic carbocycles. The molecule has 1 fully saturated rings. The lowest BCUT2D eigenvalue weighted by atomic mass is 10.0. The second-order valence-corrected chi connectivity index (χ2v) is 12.4. The van der Waals surface area contributed by atoms with Crippen LogP contribution in [0.25, 0.3) is 22.3 Å². The van der Waals surface area contributed by atoms with E-state index < -0.39 is 17.6 Å². The number of aromatic nitrogens is 4. The van der Waals surface area contributed by atoms with Crippen molar-refractivity contribution in [2.75, 3.05) is 6.61 Å². The Morgan fingerprint density at radius 1 is 1.04 bits per heavy atom. The molecule has 3 aromatic carbocycles. The Morgan fingerprint density at radius 3 is 2.67 bits per heavy atom. The number of ether oxygens (including phenoxy) is 2. The highest BCUT2D eigenvalue weighted by atomic mass is 32.1. The number of benzene rings is 3. The number of nitrogens with zero attached hydrogens (tertiary/aromatic N) is 5. The van der Waals surface area contributed by atoms with Gasteiger partial charge in [0.2, 0.25) is 5.88 Å². The van der Waals surface area contributed by atoms with E-state index in [0.29, 0.717) is 40.6 Å². The van der Waals surface area contributed by atoms with Gasteiger partial charge in [-0.1, -0.05) is 18.1 Å². The molecular weight excluding hydrogens is 649 g/mol. The van der Waals surface area contributed by atoms with Crippen LogP contribution in [0.2, 0.25) is 0 Å². The fraction of sp³-hybridized carbons (Fsp3) is 0.162. The molecule has 1 aliphatic heterocycles. The third-order valence-corrected chi connectivity index (χ3v) is 8.84. The number of hydrogen-bond donors (Lipinski definition) is 1. The number of halogens is 2. The van der Waals surface area contributed by atoms with Gasteiger partial charge in [0, 0.05) is 30.2 Å². The molecule has 0 bridgehead atoms. The van der Waals surface area contributed by atoms with E-state index in [4.69, 9.17) is 14.7 Å². The monoisotopic (exact) mass is 673 g/mol. The average Bonchev–Trinajstić information content (AvgIpc) is 3.69. The number of carboxylic acids is 1. The van der Waals surface area contributed by atoms with E-state index >= 15 is 8.78 Å². The Balaban J connectivity index is 1.07. The van der Waals surface area contributed by atoms with Crippen LogP contribution in [0.5, 0.6) is 5.88 Å². The van der Waals surface area contributed by atoms with E-state index in [1.54, 1.807) is 48.7 Å². The minimum absolute atomic E-state index is 0.0180. The number of hydrogen-bond acceptors (Lipinski definition) is 8. The highest BCUT2D eigenvalue weighted by Gasteiger charge is 2.24. The van der Waals surface area contributed by atoms with E-state index in [1.165, 1.54) is 23.5 Å². The molecule has 1 unspecified atom stereocenters. The topological polar surface area (TPSA) is 123 Å². The molecule has 12 heteroatoms. The van der Waals surface area contributed by atoms with Gasteiger partial charge in [-0.05, 0) is 72.5 Å². The maximum Gasteiger partial charge on any atom is 0.335 e. The summed E-state index contributed by atoms with van der Waals surface area (Å²) in [6.07, 6.45) is 2.39. The first-order chi connectivity index (χ1) is 23.8. The van der Waals surface area contributed by atoms with Crippen LogP contribution in [-0.2, 0) is 24.3 Å². The summed E-state index contributed by atoms with van der Waals surface area (Å²) in [4.78, 5) is 25.7. The molecule has 242 valence electrons. The van der Waals surface area contributed by atoms with Gasteiger partial charge in [0.1, 0.15) is 29.1 Å². The highest BCUT2D eigenvalue weighted by Crippen LogP contribution is 2.29. The van der Waals surface area contributed by atoms with Gasteiger partial charge in [-0.25, -0.2) is 28.5 Å². The Bertz CT molecular complexity index is 2330. The van der Waals surface area contributed by atoms with Crippen LogP contribution in [0.15, 0.2) is 79.0 Å². The lowest BCUT2D eigenvalue weighted by Gasteiger charge is -2.27. The summed E-state index contributed by atoms with van der Waals surface area (Å²) in [5, 5.41) is 19.2. The van der Waals surface area contributed by atoms with Crippen molar-refractivity contribution in [2.45, 2.75) is 32.1 Å². The summed E-state index contributed by atoms with van der Waals surface area (Å²) in [6, 6.07) is 20.8. The molecule has 1 atom stereocenters. The van der Waals surface area contributed by atoms with Gasteiger partial charge in [0.05, 0.1) is 57.6 Å². The lowest BCUT2D eigenvalue weighted by Crippen LogP contribution is -2.31. The van der Waals surface area contributed by atoms with Crippen molar-refractivity contribution >= 4 is 28.3 Å². The standard InChI is InChI=1S/C37H25F2N5O4S/c38-29-17-28(30(39)14-25(29)16-34-42-32-10-8-24(37(45)46)15-33(32)44(34)20-26-11-12-47-26)31-5-2-6-35(43-31)48-21-36-41-19-27(49-36)9-7-22-3-1-4-23(13-22)18-40/h1-6,8,10,13-15,17,19,26H,11-12,16,20-21H2,(H,45,46). The van der Waals surface area contributed by atoms with Gasteiger partial charge in [-0.3, -0.25) is 0 Å². The Morgan fingerprint density at radius 2 is 1.88 bits per heavy atom. The molecule has 4 heterocycles. The number of carbonyl (C=O) groups is 1. The van der Waals surface area contributed by atoms with E-state index in [9.17, 15) is 9.90 Å². The van der Waals surface area contributed by atoms with Crippen molar-refractivity contribution in [3.05, 3.63) is 129 Å². The molecule has 0 radical (unpaired) electrons. The maximum absolute atomic E-state index is 15.6. The van der Waals surface area contributed by atoms with Crippen molar-refractivity contribution in [3.8, 4) is 35.0 Å². The number of rotatable bonds is 9. The van der Waals surface area contributed by atoms with E-state index in [2.05, 4.69) is 32.9 Å². The van der Waals surface area contributed by atoms with Gasteiger partial charge in [0.25, 0.3) is 0 Å². The zero-order valence-corrected chi connectivity index (χ0v) is 26.5. The van der Waals surface area contributed by atoms with E-state index in [0.717, 1.165) is 29.0 Å². The number of thiazole rings is 1. The largest absolute Gasteiger partial charge is 0.478 e. The first kappa shape index (κ1) is 31.6. The van der Waals surface area contributed by atoms with Gasteiger partial charge in [0.15, 0.2) is 0 Å². The summed E-state index contributed by atoms with van der Waals surface area (Å²) in [6.45, 7) is 1.15. The smallest absolute Gasteiger partial charge is 0.335 e. The quantitative estimate of drug-likeness (QED) is 0.167. The molecule has 0 spiro atoms. The average molecular weight is 674 g/mol. The van der Waals surface area contributed by atoms with Crippen molar-refractivity contribution in [1.29, 1.82) is 5.26 Å². The Kier molecular flexibility index (Phi) is 8.81. The third kappa shape index (κ3) is 7.02. The predicted molar refractivity (Wildman–Crippen MR) is 177 cm³/mol. The Labute approximate surface area is 283 Å². The summed E-state index contributed by atoms with van der Waals surface area (Å²) in [5.74, 6) is 4.38. The van der Waals surface area contributed by atoms with Gasteiger partial charge in [-0.2, -0.15) is 5.26 Å². The molecule has 0 saturated carbocycles. The number of pyridine rings is 1. The summed E-state index contributed by atoms with van der Waals surface area (Å²) >= 11 is 1.35. The summed E-state index contributed by atoms with van der Waals surface area (Å²) in [5.41, 5.74) is 2.77. The van der Waals surface area contributed by atoms with Crippen LogP contribution in [0.3, 0.4) is 0 Å². The molecular formula is C37H25F2N5O4S. The predicted octanol–water partition coefficient (Wildman–Crippen LogP) is 6.76. The second kappa shape index (κ2) is 13.6. The first-order valence-electron chi connectivity index (χ1n) is 15.2. The highest BCUT2D eigenvalue weighted by molar-refractivity contribution is 7.12. The van der Waals surface area contributed by atoms with Gasteiger partial charge < -0.3 is 19.1 Å². The zero-order chi connectivity index (χ0) is 33.9. The van der Waals surface area contributed by atoms with Crippen LogP contribution in [0.4, 0.5) is 8.78 Å². The molecule has 1 aliphatic rings. The number of imidazole rings is 1. The Hall–Kier alpha value is -5.95. The van der Waals surface area contributed by atoms with Crippen molar-refractivity contribution < 1.29 is 28.2 Å². The van der Waals surface area contributed by atoms with Crippen molar-refractivity contribution in [2.24, 2.45) is 0 Å². The molecule has 7 rings (SSSR count). The van der Waals surface area contributed by atoms with E-state index in [-0.39, 0.29) is 47.4 Å². The molecule has 6 aromatic rings. The third-order valence-electron chi connectivity index (χ3n) is 7.96. The van der Waals surface area contributed by atoms with Crippen molar-refractivity contribution in [3.63, 3.8) is 0 Å². The number of fused-ring (bicyclic) bond motifs is 1. The summed E-state index contributed by atoms with van der Waals surface area (Å²) in [7, 11) is 0. The van der Waals surface area contributed by atoms with Crippen molar-refractivity contribution in [1.82, 2.24) is 19.5 Å². The van der Waals surface area contributed by atoms with Gasteiger partial charge >= 0.3 is 5.97 Å². The molecule has 0 amide bonds. The van der Waals surface area contributed by atoms with E-state index in [1.807, 2.05) is 10.6 Å². The minimum atomic E-state index is -1.07. The fourth-order valence-corrected chi connectivity index (χ4v) is 6.07. The van der Waals surface area contributed by atoms with Crippen LogP contribution in [0.1, 0.15) is 49.2 Å². The number of nitriles is 1. The molecule has 1 N–H and O–H groups in total.